The number of nitrogens with zero attached hydrogens (tertiary/aromatic N) is 2. The van der Waals surface area contributed by atoms with Crippen LogP contribution < -0.4 is 10.2 Å². The number of benzene rings is 2. The van der Waals surface area contributed by atoms with E-state index in [2.05, 4.69) is 5.32 Å². The van der Waals surface area contributed by atoms with Crippen LogP contribution in [0.4, 0.5) is 18.9 Å². The second-order valence-electron chi connectivity index (χ2n) is 8.12. The number of hydrogen-bond acceptors (Lipinski definition) is 4. The summed E-state index contributed by atoms with van der Waals surface area (Å²) in [5.74, 6) is -0.377. The molecule has 170 valence electrons. The fraction of sp³-hybridized carbons (Fsp3) is 0.348. The molecule has 3 N–H and O–H groups in total. The van der Waals surface area contributed by atoms with Gasteiger partial charge in [0.25, 0.3) is 0 Å². The molecule has 1 aliphatic heterocycles. The number of aliphatic hydroxyl groups is 2. The van der Waals surface area contributed by atoms with Crippen molar-refractivity contribution < 1.29 is 28.2 Å². The van der Waals surface area contributed by atoms with Gasteiger partial charge < -0.3 is 25.0 Å². The van der Waals surface area contributed by atoms with Gasteiger partial charge in [0.2, 0.25) is 5.91 Å². The van der Waals surface area contributed by atoms with Gasteiger partial charge in [-0.25, -0.2) is 0 Å². The van der Waals surface area contributed by atoms with Crippen molar-refractivity contribution in [3.63, 3.8) is 0 Å². The van der Waals surface area contributed by atoms with Gasteiger partial charge in [0.15, 0.2) is 0 Å². The zero-order chi connectivity index (χ0) is 23.0. The molecule has 1 unspecified atom stereocenters. The summed E-state index contributed by atoms with van der Waals surface area (Å²) in [4.78, 5) is 14.2. The van der Waals surface area contributed by atoms with E-state index < -0.39 is 24.5 Å². The normalized spacial score (nSPS) is 15.6. The van der Waals surface area contributed by atoms with Crippen molar-refractivity contribution in [1.29, 1.82) is 0 Å². The lowest BCUT2D eigenvalue weighted by Crippen LogP contribution is -2.54. The summed E-state index contributed by atoms with van der Waals surface area (Å²) in [7, 11) is 0. The summed E-state index contributed by atoms with van der Waals surface area (Å²) in [6, 6.07) is 11.4. The van der Waals surface area contributed by atoms with Crippen LogP contribution in [0.5, 0.6) is 0 Å². The third-order valence-corrected chi connectivity index (χ3v) is 5.78. The van der Waals surface area contributed by atoms with Crippen LogP contribution in [-0.4, -0.2) is 53.0 Å². The minimum Gasteiger partial charge on any atom is -0.394 e. The van der Waals surface area contributed by atoms with Crippen LogP contribution >= 0.6 is 0 Å². The Morgan fingerprint density at radius 1 is 1.19 bits per heavy atom. The summed E-state index contributed by atoms with van der Waals surface area (Å²) in [6.45, 7) is 2.43. The molecule has 1 atom stereocenters. The second-order valence-corrected chi connectivity index (χ2v) is 8.12. The number of aryl methyl sites for hydroxylation is 1. The SMILES string of the molecule is Cc1cn(-c2cccc(N3CC(C(=O)NCC(O)CO)C3)c2)c2ccc(C(F)(F)F)cc12. The summed E-state index contributed by atoms with van der Waals surface area (Å²) < 4.78 is 41.2. The minimum absolute atomic E-state index is 0.0113. The lowest BCUT2D eigenvalue weighted by atomic mass is 9.98. The first-order valence-corrected chi connectivity index (χ1v) is 10.3. The summed E-state index contributed by atoms with van der Waals surface area (Å²) in [6.07, 6.45) is -3.54. The number of aliphatic hydroxyl groups excluding tert-OH is 2. The third-order valence-electron chi connectivity index (χ3n) is 5.78. The second kappa shape index (κ2) is 8.48. The molecule has 0 bridgehead atoms. The summed E-state index contributed by atoms with van der Waals surface area (Å²) in [5.41, 5.74) is 2.50. The molecule has 1 amide bonds. The van der Waals surface area contributed by atoms with Crippen molar-refractivity contribution in [2.75, 3.05) is 31.1 Å². The molecular formula is C23H24F3N3O3. The third kappa shape index (κ3) is 4.31. The van der Waals surface area contributed by atoms with E-state index in [9.17, 15) is 23.1 Å². The van der Waals surface area contributed by atoms with Crippen molar-refractivity contribution >= 4 is 22.5 Å². The fourth-order valence-corrected chi connectivity index (χ4v) is 3.91. The number of rotatable bonds is 6. The van der Waals surface area contributed by atoms with Crippen molar-refractivity contribution in [3.05, 3.63) is 59.8 Å². The van der Waals surface area contributed by atoms with Gasteiger partial charge >= 0.3 is 6.18 Å². The number of fused-ring (bicyclic) bond motifs is 1. The molecular weight excluding hydrogens is 423 g/mol. The van der Waals surface area contributed by atoms with Gasteiger partial charge in [0, 0.05) is 42.6 Å². The van der Waals surface area contributed by atoms with Crippen molar-refractivity contribution in [3.8, 4) is 5.69 Å². The van der Waals surface area contributed by atoms with Crippen LogP contribution in [0.2, 0.25) is 0 Å². The molecule has 1 aromatic heterocycles. The number of amides is 1. The Hall–Kier alpha value is -3.04. The molecule has 1 fully saturated rings. The van der Waals surface area contributed by atoms with E-state index in [1.54, 1.807) is 6.92 Å². The van der Waals surface area contributed by atoms with Crippen LogP contribution in [-0.2, 0) is 11.0 Å². The molecule has 1 saturated heterocycles. The van der Waals surface area contributed by atoms with Gasteiger partial charge in [-0.05, 0) is 48.9 Å². The Bertz CT molecular complexity index is 1140. The molecule has 2 aromatic carbocycles. The standard InChI is InChI=1S/C23H24F3N3O3/c1-14-10-29(21-6-5-16(7-20(14)21)23(24,25)26)18-4-2-3-17(8-18)28-11-15(12-28)22(32)27-9-19(31)13-30/h2-8,10,15,19,30-31H,9,11-13H2,1H3,(H,27,32). The van der Waals surface area contributed by atoms with Gasteiger partial charge in [-0.3, -0.25) is 4.79 Å². The lowest BCUT2D eigenvalue weighted by Gasteiger charge is -2.40. The zero-order valence-corrected chi connectivity index (χ0v) is 17.4. The Labute approximate surface area is 182 Å². The smallest absolute Gasteiger partial charge is 0.394 e. The number of aromatic nitrogens is 1. The van der Waals surface area contributed by atoms with E-state index in [0.29, 0.717) is 24.0 Å². The van der Waals surface area contributed by atoms with Gasteiger partial charge in [-0.15, -0.1) is 0 Å². The number of carbonyl (C=O) groups excluding carboxylic acids is 1. The van der Waals surface area contributed by atoms with E-state index in [1.807, 2.05) is 39.9 Å². The maximum Gasteiger partial charge on any atom is 0.416 e. The molecule has 3 aromatic rings. The largest absolute Gasteiger partial charge is 0.416 e. The molecule has 0 spiro atoms. The number of alkyl halides is 3. The van der Waals surface area contributed by atoms with Crippen molar-refractivity contribution in [2.24, 2.45) is 5.92 Å². The van der Waals surface area contributed by atoms with Crippen LogP contribution in [0.1, 0.15) is 11.1 Å². The molecule has 9 heteroatoms. The molecule has 1 aliphatic rings. The Balaban J connectivity index is 1.51. The first-order valence-electron chi connectivity index (χ1n) is 10.3. The number of anilines is 1. The van der Waals surface area contributed by atoms with Crippen molar-refractivity contribution in [2.45, 2.75) is 19.2 Å². The quantitative estimate of drug-likeness (QED) is 0.543. The maximum absolute atomic E-state index is 13.1. The van der Waals surface area contributed by atoms with E-state index in [-0.39, 0.29) is 18.4 Å². The Morgan fingerprint density at radius 2 is 1.91 bits per heavy atom. The predicted molar refractivity (Wildman–Crippen MR) is 115 cm³/mol. The minimum atomic E-state index is -4.39. The van der Waals surface area contributed by atoms with Gasteiger partial charge in [-0.2, -0.15) is 13.2 Å². The topological polar surface area (TPSA) is 77.7 Å². The van der Waals surface area contributed by atoms with E-state index in [4.69, 9.17) is 5.11 Å². The van der Waals surface area contributed by atoms with Gasteiger partial charge in [0.05, 0.1) is 29.7 Å². The monoisotopic (exact) mass is 447 g/mol. The van der Waals surface area contributed by atoms with Crippen molar-refractivity contribution in [1.82, 2.24) is 9.88 Å². The summed E-state index contributed by atoms with van der Waals surface area (Å²) in [5, 5.41) is 21.3. The number of nitrogens with one attached hydrogen (secondary N) is 1. The highest BCUT2D eigenvalue weighted by Gasteiger charge is 2.33. The molecule has 2 heterocycles. The van der Waals surface area contributed by atoms with Crippen LogP contribution in [0, 0.1) is 12.8 Å². The summed E-state index contributed by atoms with van der Waals surface area (Å²) >= 11 is 0. The average molecular weight is 447 g/mol. The predicted octanol–water partition coefficient (Wildman–Crippen LogP) is 2.86. The fourth-order valence-electron chi connectivity index (χ4n) is 3.91. The van der Waals surface area contributed by atoms with E-state index in [1.165, 1.54) is 12.1 Å². The molecule has 32 heavy (non-hydrogen) atoms. The van der Waals surface area contributed by atoms with Crippen LogP contribution in [0.25, 0.3) is 16.6 Å². The van der Waals surface area contributed by atoms with Gasteiger partial charge in [-0.1, -0.05) is 6.07 Å². The molecule has 0 radical (unpaired) electrons. The maximum atomic E-state index is 13.1. The highest BCUT2D eigenvalue weighted by molar-refractivity contribution is 5.86. The first kappa shape index (κ1) is 22.2. The van der Waals surface area contributed by atoms with E-state index in [0.717, 1.165) is 23.0 Å². The van der Waals surface area contributed by atoms with E-state index >= 15 is 0 Å². The molecule has 0 aliphatic carbocycles. The first-order chi connectivity index (χ1) is 15.2. The Kier molecular flexibility index (Phi) is 5.87. The van der Waals surface area contributed by atoms with Gasteiger partial charge in [0.1, 0.15) is 0 Å². The van der Waals surface area contributed by atoms with Crippen LogP contribution in [0.15, 0.2) is 48.7 Å². The lowest BCUT2D eigenvalue weighted by molar-refractivity contribution is -0.137. The molecule has 0 saturated carbocycles. The number of hydrogen-bond donors (Lipinski definition) is 3. The molecule has 6 nitrogen and oxygen atoms in total. The Morgan fingerprint density at radius 3 is 2.59 bits per heavy atom. The van der Waals surface area contributed by atoms with Crippen LogP contribution in [0.3, 0.4) is 0 Å². The number of carbonyl (C=O) groups is 1. The average Bonchev–Trinajstić information content (AvgIpc) is 3.06. The zero-order valence-electron chi connectivity index (χ0n) is 17.4. The highest BCUT2D eigenvalue weighted by Crippen LogP contribution is 2.34. The number of halogens is 3. The molecule has 4 rings (SSSR count). The highest BCUT2D eigenvalue weighted by atomic mass is 19.4.